The fourth-order valence-electron chi connectivity index (χ4n) is 13.5. The van der Waals surface area contributed by atoms with Gasteiger partial charge < -0.3 is 9.80 Å². The lowest BCUT2D eigenvalue weighted by Gasteiger charge is -2.37. The van der Waals surface area contributed by atoms with Gasteiger partial charge in [-0.25, -0.2) is 0 Å². The van der Waals surface area contributed by atoms with Gasteiger partial charge in [0.1, 0.15) is 0 Å². The minimum Gasteiger partial charge on any atom is -0.310 e. The van der Waals surface area contributed by atoms with Gasteiger partial charge in [0.15, 0.2) is 0 Å². The van der Waals surface area contributed by atoms with Crippen LogP contribution in [-0.2, 0) is 10.8 Å². The topological polar surface area (TPSA) is 6.48 Å². The standard InChI is InChI=1S/C72H48N2/c1-6-25-50(26-7-1)71(51-27-8-2-9-28-51)63-39-21-18-36-58(63)61-48-56(43-44-66(61)71)74(54-33-14-5-15-34-54)68-46-49-24-16-17-35-57(49)69-60-38-20-23-41-65(60)72(70(68)69)64-40-22-19-37-59(64)62-47-55(42-45-67(62)72)73(52-29-10-3-11-30-52)53-31-12-4-13-32-53/h1-48H. The first-order chi connectivity index (χ1) is 36.7. The Bertz CT molecular complexity index is 4050. The van der Waals surface area contributed by atoms with Crippen molar-refractivity contribution in [1.82, 2.24) is 0 Å². The molecule has 0 fully saturated rings. The van der Waals surface area contributed by atoms with Crippen molar-refractivity contribution in [2.24, 2.45) is 0 Å². The van der Waals surface area contributed by atoms with Gasteiger partial charge in [-0.3, -0.25) is 0 Å². The molecule has 0 saturated carbocycles. The molecule has 0 heterocycles. The molecule has 12 aromatic rings. The molecule has 3 aliphatic rings. The lowest BCUT2D eigenvalue weighted by Crippen LogP contribution is -2.29. The van der Waals surface area contributed by atoms with Crippen LogP contribution in [0.2, 0.25) is 0 Å². The summed E-state index contributed by atoms with van der Waals surface area (Å²) in [6.45, 7) is 0. The monoisotopic (exact) mass is 940 g/mol. The van der Waals surface area contributed by atoms with Gasteiger partial charge in [0, 0.05) is 34.0 Å². The van der Waals surface area contributed by atoms with Crippen molar-refractivity contribution < 1.29 is 0 Å². The Hall–Kier alpha value is -9.50. The van der Waals surface area contributed by atoms with Crippen molar-refractivity contribution in [2.45, 2.75) is 10.8 Å². The van der Waals surface area contributed by atoms with Crippen LogP contribution in [0, 0.1) is 0 Å². The summed E-state index contributed by atoms with van der Waals surface area (Å²) >= 11 is 0. The van der Waals surface area contributed by atoms with Crippen molar-refractivity contribution in [3.63, 3.8) is 0 Å². The Morgan fingerprint density at radius 3 is 1.16 bits per heavy atom. The van der Waals surface area contributed by atoms with Crippen LogP contribution in [-0.4, -0.2) is 0 Å². The Balaban J connectivity index is 1.03. The molecule has 0 saturated heterocycles. The highest BCUT2D eigenvalue weighted by atomic mass is 15.2. The average Bonchev–Trinajstić information content (AvgIpc) is 4.15. The first kappa shape index (κ1) is 42.2. The van der Waals surface area contributed by atoms with Crippen molar-refractivity contribution in [1.29, 1.82) is 0 Å². The lowest BCUT2D eigenvalue weighted by molar-refractivity contribution is 0.768. The molecular weight excluding hydrogens is 893 g/mol. The number of nitrogens with zero attached hydrogens (tertiary/aromatic N) is 2. The maximum atomic E-state index is 2.56. The molecule has 0 amide bonds. The van der Waals surface area contributed by atoms with Gasteiger partial charge in [0.05, 0.1) is 16.5 Å². The summed E-state index contributed by atoms with van der Waals surface area (Å²) in [6, 6.07) is 108. The summed E-state index contributed by atoms with van der Waals surface area (Å²) in [6.07, 6.45) is 0. The summed E-state index contributed by atoms with van der Waals surface area (Å²) in [5, 5.41) is 2.46. The molecule has 1 atom stereocenters. The van der Waals surface area contributed by atoms with Crippen LogP contribution in [0.5, 0.6) is 0 Å². The third-order valence-corrected chi connectivity index (χ3v) is 16.3. The summed E-state index contributed by atoms with van der Waals surface area (Å²) < 4.78 is 0. The number of benzene rings is 12. The summed E-state index contributed by atoms with van der Waals surface area (Å²) in [4.78, 5) is 4.95. The molecule has 1 spiro atoms. The van der Waals surface area contributed by atoms with E-state index in [4.69, 9.17) is 0 Å². The zero-order valence-electron chi connectivity index (χ0n) is 40.6. The maximum Gasteiger partial charge on any atom is 0.0746 e. The Morgan fingerprint density at radius 2 is 0.622 bits per heavy atom. The third kappa shape index (κ3) is 5.88. The molecule has 1 unspecified atom stereocenters. The van der Waals surface area contributed by atoms with E-state index in [1.54, 1.807) is 0 Å². The fourth-order valence-corrected chi connectivity index (χ4v) is 13.5. The van der Waals surface area contributed by atoms with Crippen molar-refractivity contribution >= 4 is 44.9 Å². The molecule has 2 heteroatoms. The molecule has 346 valence electrons. The molecule has 3 aliphatic carbocycles. The molecule has 0 N–H and O–H groups in total. The van der Waals surface area contributed by atoms with Crippen molar-refractivity contribution in [3.05, 3.63) is 336 Å². The molecule has 2 nitrogen and oxygen atoms in total. The van der Waals surface area contributed by atoms with E-state index in [1.165, 1.54) is 88.7 Å². The van der Waals surface area contributed by atoms with Crippen LogP contribution in [0.3, 0.4) is 0 Å². The van der Waals surface area contributed by atoms with E-state index in [0.29, 0.717) is 0 Å². The van der Waals surface area contributed by atoms with E-state index >= 15 is 0 Å². The van der Waals surface area contributed by atoms with Gasteiger partial charge in [-0.15, -0.1) is 0 Å². The van der Waals surface area contributed by atoms with Gasteiger partial charge in [-0.1, -0.05) is 224 Å². The van der Waals surface area contributed by atoms with E-state index in [9.17, 15) is 0 Å². The highest BCUT2D eigenvalue weighted by molar-refractivity contribution is 6.11. The molecule has 0 radical (unpaired) electrons. The maximum absolute atomic E-state index is 2.56. The molecule has 12 aromatic carbocycles. The third-order valence-electron chi connectivity index (χ3n) is 16.3. The van der Waals surface area contributed by atoms with Gasteiger partial charge in [-0.2, -0.15) is 0 Å². The zero-order chi connectivity index (χ0) is 48.8. The van der Waals surface area contributed by atoms with Crippen molar-refractivity contribution in [3.8, 4) is 33.4 Å². The lowest BCUT2D eigenvalue weighted by atomic mass is 9.68. The highest BCUT2D eigenvalue weighted by Gasteiger charge is 2.54. The second-order valence-electron chi connectivity index (χ2n) is 19.9. The number of anilines is 6. The molecule has 0 aliphatic heterocycles. The first-order valence-corrected chi connectivity index (χ1v) is 25.8. The van der Waals surface area contributed by atoms with Crippen LogP contribution in [0.4, 0.5) is 34.1 Å². The van der Waals surface area contributed by atoms with E-state index < -0.39 is 10.8 Å². The Labute approximate surface area is 432 Å². The van der Waals surface area contributed by atoms with Crippen LogP contribution in [0.15, 0.2) is 291 Å². The average molecular weight is 941 g/mol. The van der Waals surface area contributed by atoms with Crippen LogP contribution in [0.1, 0.15) is 44.5 Å². The molecule has 74 heavy (non-hydrogen) atoms. The SMILES string of the molecule is c1ccc(N(c2ccccc2)c2ccc3c(c2)-c2ccccc2C32c3ccccc3-c3c2c(N(c2ccccc2)c2ccc4c(c2)-c2ccccc2C4(c2ccccc2)c2ccccc2)cc2ccccc32)cc1. The largest absolute Gasteiger partial charge is 0.310 e. The normalized spacial score (nSPS) is 14.9. The molecular formula is C72H48N2. The van der Waals surface area contributed by atoms with Gasteiger partial charge in [-0.05, 0) is 150 Å². The first-order valence-electron chi connectivity index (χ1n) is 25.8. The predicted octanol–water partition coefficient (Wildman–Crippen LogP) is 18.5. The quantitative estimate of drug-likeness (QED) is 0.150. The second-order valence-corrected chi connectivity index (χ2v) is 19.9. The van der Waals surface area contributed by atoms with E-state index in [0.717, 1.165) is 34.1 Å². The predicted molar refractivity (Wildman–Crippen MR) is 307 cm³/mol. The highest BCUT2D eigenvalue weighted by Crippen LogP contribution is 2.67. The number of para-hydroxylation sites is 3. The minimum atomic E-state index is -0.661. The van der Waals surface area contributed by atoms with Crippen LogP contribution in [0.25, 0.3) is 44.2 Å². The van der Waals surface area contributed by atoms with E-state index in [1.807, 2.05) is 0 Å². The second kappa shape index (κ2) is 16.5. The zero-order valence-corrected chi connectivity index (χ0v) is 40.6. The van der Waals surface area contributed by atoms with Crippen molar-refractivity contribution in [2.75, 3.05) is 9.80 Å². The fraction of sp³-hybridized carbons (Fsp3) is 0.0278. The summed E-state index contributed by atoms with van der Waals surface area (Å²) in [5.41, 5.74) is 23.4. The number of hydrogen-bond acceptors (Lipinski definition) is 2. The Morgan fingerprint density at radius 1 is 0.243 bits per heavy atom. The van der Waals surface area contributed by atoms with Crippen LogP contribution >= 0.6 is 0 Å². The minimum absolute atomic E-state index is 0.507. The van der Waals surface area contributed by atoms with Gasteiger partial charge in [0.2, 0.25) is 0 Å². The molecule has 0 aromatic heterocycles. The van der Waals surface area contributed by atoms with Crippen LogP contribution < -0.4 is 9.80 Å². The number of rotatable bonds is 8. The van der Waals surface area contributed by atoms with Gasteiger partial charge in [0.25, 0.3) is 0 Å². The van der Waals surface area contributed by atoms with Gasteiger partial charge >= 0.3 is 0 Å². The summed E-state index contributed by atoms with van der Waals surface area (Å²) in [7, 11) is 0. The Kier molecular flexibility index (Phi) is 9.43. The van der Waals surface area contributed by atoms with E-state index in [2.05, 4.69) is 301 Å². The van der Waals surface area contributed by atoms with E-state index in [-0.39, 0.29) is 0 Å². The molecule has 15 rings (SSSR count). The molecule has 0 bridgehead atoms. The smallest absolute Gasteiger partial charge is 0.0746 e. The number of hydrogen-bond donors (Lipinski definition) is 0. The number of fused-ring (bicyclic) bond motifs is 15. The summed E-state index contributed by atoms with van der Waals surface area (Å²) in [5.74, 6) is 0.